The van der Waals surface area contributed by atoms with Gasteiger partial charge in [-0.3, -0.25) is 4.79 Å². The molecule has 11 heteroatoms. The van der Waals surface area contributed by atoms with Crippen LogP contribution < -0.4 is 15.1 Å². The minimum Gasteiger partial charge on any atom is -0.496 e. The number of carboxylic acid groups (broad SMARTS) is 1. The van der Waals surface area contributed by atoms with E-state index in [1.807, 2.05) is 0 Å². The molecule has 0 radical (unpaired) electrons. The van der Waals surface area contributed by atoms with Crippen molar-refractivity contribution in [1.82, 2.24) is 4.57 Å². The van der Waals surface area contributed by atoms with Gasteiger partial charge in [0, 0.05) is 49.5 Å². The van der Waals surface area contributed by atoms with Crippen molar-refractivity contribution in [3.63, 3.8) is 0 Å². The van der Waals surface area contributed by atoms with Gasteiger partial charge < -0.3 is 33.9 Å². The standard InChI is InChI=1S/C27H30ClFN2O7/c1-3-37-15-19(14-32)31-13-21(27(34)35)26(33)20-10-16(24(36-2)12-23(20)31)8-17-9-18(11-22(28)25(17)29)30-4-6-38-7-5-30/h9-13,19,32H,3-8,14-15H2,1-2H3,(H,34,35). The second kappa shape index (κ2) is 12.1. The van der Waals surface area contributed by atoms with Gasteiger partial charge in [0.05, 0.1) is 50.1 Å². The van der Waals surface area contributed by atoms with E-state index in [1.165, 1.54) is 23.9 Å². The Bertz CT molecular complexity index is 1390. The molecule has 1 aliphatic heterocycles. The molecule has 204 valence electrons. The smallest absolute Gasteiger partial charge is 0.341 e. The molecule has 2 N–H and O–H groups in total. The summed E-state index contributed by atoms with van der Waals surface area (Å²) >= 11 is 6.25. The lowest BCUT2D eigenvalue weighted by molar-refractivity contribution is 0.0689. The Kier molecular flexibility index (Phi) is 8.88. The number of benzene rings is 2. The lowest BCUT2D eigenvalue weighted by atomic mass is 9.99. The van der Waals surface area contributed by atoms with Crippen molar-refractivity contribution in [1.29, 1.82) is 0 Å². The fourth-order valence-corrected chi connectivity index (χ4v) is 4.88. The molecule has 1 saturated heterocycles. The maximum Gasteiger partial charge on any atom is 0.341 e. The highest BCUT2D eigenvalue weighted by Crippen LogP contribution is 2.33. The van der Waals surface area contributed by atoms with Crippen LogP contribution in [-0.2, 0) is 15.9 Å². The number of carbonyl (C=O) groups is 1. The number of hydrogen-bond donors (Lipinski definition) is 2. The summed E-state index contributed by atoms with van der Waals surface area (Å²) in [7, 11) is 1.45. The second-order valence-electron chi connectivity index (χ2n) is 8.94. The first kappa shape index (κ1) is 27.8. The summed E-state index contributed by atoms with van der Waals surface area (Å²) in [5.74, 6) is -1.61. The lowest BCUT2D eigenvalue weighted by Crippen LogP contribution is -2.36. The number of aromatic nitrogens is 1. The third-order valence-corrected chi connectivity index (χ3v) is 6.90. The van der Waals surface area contributed by atoms with Crippen LogP contribution in [0.15, 0.2) is 35.3 Å². The van der Waals surface area contributed by atoms with Gasteiger partial charge in [-0.15, -0.1) is 0 Å². The zero-order valence-corrected chi connectivity index (χ0v) is 22.0. The van der Waals surface area contributed by atoms with Crippen LogP contribution in [-0.4, -0.2) is 74.0 Å². The summed E-state index contributed by atoms with van der Waals surface area (Å²) in [6.45, 7) is 4.35. The lowest BCUT2D eigenvalue weighted by Gasteiger charge is -2.29. The first-order valence-electron chi connectivity index (χ1n) is 12.3. The molecular formula is C27H30ClFN2O7. The van der Waals surface area contributed by atoms with Crippen LogP contribution in [0.5, 0.6) is 5.75 Å². The van der Waals surface area contributed by atoms with Gasteiger partial charge >= 0.3 is 5.97 Å². The normalized spacial score (nSPS) is 14.6. The van der Waals surface area contributed by atoms with Gasteiger partial charge in [0.25, 0.3) is 0 Å². The third-order valence-electron chi connectivity index (χ3n) is 6.63. The molecule has 1 unspecified atom stereocenters. The van der Waals surface area contributed by atoms with E-state index < -0.39 is 28.8 Å². The molecular weight excluding hydrogens is 519 g/mol. The van der Waals surface area contributed by atoms with Gasteiger partial charge in [-0.05, 0) is 36.2 Å². The molecule has 0 amide bonds. The molecule has 1 aromatic heterocycles. The van der Waals surface area contributed by atoms with Crippen molar-refractivity contribution in [2.45, 2.75) is 19.4 Å². The van der Waals surface area contributed by atoms with Crippen LogP contribution in [0.3, 0.4) is 0 Å². The summed E-state index contributed by atoms with van der Waals surface area (Å²) in [5.41, 5.74) is 0.751. The first-order valence-corrected chi connectivity index (χ1v) is 12.6. The van der Waals surface area contributed by atoms with Crippen LogP contribution in [0.2, 0.25) is 5.02 Å². The monoisotopic (exact) mass is 548 g/mol. The van der Waals surface area contributed by atoms with Crippen molar-refractivity contribution in [2.24, 2.45) is 0 Å². The van der Waals surface area contributed by atoms with E-state index in [1.54, 1.807) is 25.1 Å². The van der Waals surface area contributed by atoms with Gasteiger partial charge in [-0.25, -0.2) is 9.18 Å². The maximum atomic E-state index is 15.2. The molecule has 2 heterocycles. The summed E-state index contributed by atoms with van der Waals surface area (Å²) in [6, 6.07) is 5.76. The first-order chi connectivity index (χ1) is 18.3. The Morgan fingerprint density at radius 2 is 1.95 bits per heavy atom. The average Bonchev–Trinajstić information content (AvgIpc) is 2.92. The molecule has 1 aliphatic rings. The van der Waals surface area contributed by atoms with E-state index in [9.17, 15) is 19.8 Å². The van der Waals surface area contributed by atoms with E-state index in [2.05, 4.69) is 4.90 Å². The van der Waals surface area contributed by atoms with Crippen molar-refractivity contribution in [3.8, 4) is 5.75 Å². The molecule has 1 atom stereocenters. The SMILES string of the molecule is CCOCC(CO)n1cc(C(=O)O)c(=O)c2cc(Cc3cc(N4CCOCC4)cc(Cl)c3F)c(OC)cc21. The number of pyridine rings is 1. The number of aliphatic hydroxyl groups is 1. The van der Waals surface area contributed by atoms with Crippen molar-refractivity contribution in [3.05, 3.63) is 68.2 Å². The number of hydrogen-bond acceptors (Lipinski definition) is 7. The average molecular weight is 549 g/mol. The largest absolute Gasteiger partial charge is 0.496 e. The zero-order valence-electron chi connectivity index (χ0n) is 21.2. The van der Waals surface area contributed by atoms with Crippen molar-refractivity contribution < 1.29 is 33.6 Å². The molecule has 1 fully saturated rings. The van der Waals surface area contributed by atoms with Gasteiger partial charge in [0.1, 0.15) is 17.1 Å². The molecule has 38 heavy (non-hydrogen) atoms. The highest BCUT2D eigenvalue weighted by atomic mass is 35.5. The van der Waals surface area contributed by atoms with E-state index >= 15 is 4.39 Å². The number of ether oxygens (including phenoxy) is 3. The number of carboxylic acids is 1. The molecule has 4 rings (SSSR count). The minimum absolute atomic E-state index is 0.0269. The number of morpholine rings is 1. The number of anilines is 1. The van der Waals surface area contributed by atoms with E-state index in [4.69, 9.17) is 25.8 Å². The van der Waals surface area contributed by atoms with Crippen molar-refractivity contribution >= 4 is 34.2 Å². The number of aromatic carboxylic acids is 1. The Morgan fingerprint density at radius 3 is 2.58 bits per heavy atom. The molecule has 0 aliphatic carbocycles. The van der Waals surface area contributed by atoms with Gasteiger partial charge in [0.15, 0.2) is 0 Å². The van der Waals surface area contributed by atoms with Gasteiger partial charge in [-0.1, -0.05) is 11.6 Å². The number of rotatable bonds is 10. The molecule has 0 bridgehead atoms. The summed E-state index contributed by atoms with van der Waals surface area (Å²) in [4.78, 5) is 27.1. The predicted octanol–water partition coefficient (Wildman–Crippen LogP) is 3.50. The number of nitrogens with zero attached hydrogens (tertiary/aromatic N) is 2. The Morgan fingerprint density at radius 1 is 1.21 bits per heavy atom. The van der Waals surface area contributed by atoms with E-state index in [0.717, 1.165) is 5.69 Å². The number of methoxy groups -OCH3 is 1. The summed E-state index contributed by atoms with van der Waals surface area (Å²) in [6.07, 6.45) is 1.25. The number of fused-ring (bicyclic) bond motifs is 1. The van der Waals surface area contributed by atoms with Gasteiger partial charge in [-0.2, -0.15) is 0 Å². The Hall–Kier alpha value is -3.18. The highest BCUT2D eigenvalue weighted by molar-refractivity contribution is 6.31. The summed E-state index contributed by atoms with van der Waals surface area (Å²) < 4.78 is 33.1. The molecule has 2 aromatic carbocycles. The van der Waals surface area contributed by atoms with Crippen LogP contribution in [0.1, 0.15) is 34.5 Å². The highest BCUT2D eigenvalue weighted by Gasteiger charge is 2.23. The quantitative estimate of drug-likeness (QED) is 0.396. The van der Waals surface area contributed by atoms with E-state index in [0.29, 0.717) is 55.3 Å². The zero-order chi connectivity index (χ0) is 27.4. The van der Waals surface area contributed by atoms with Crippen LogP contribution in [0.25, 0.3) is 10.9 Å². The fourth-order valence-electron chi connectivity index (χ4n) is 4.65. The predicted molar refractivity (Wildman–Crippen MR) is 142 cm³/mol. The minimum atomic E-state index is -1.40. The number of halogens is 2. The topological polar surface area (TPSA) is 110 Å². The van der Waals surface area contributed by atoms with Crippen molar-refractivity contribution in [2.75, 3.05) is 58.1 Å². The van der Waals surface area contributed by atoms with Crippen LogP contribution >= 0.6 is 11.6 Å². The molecule has 0 saturated carbocycles. The maximum absolute atomic E-state index is 15.2. The number of aliphatic hydroxyl groups excluding tert-OH is 1. The van der Waals surface area contributed by atoms with Crippen LogP contribution in [0.4, 0.5) is 10.1 Å². The molecule has 3 aromatic rings. The fraction of sp³-hybridized carbons (Fsp3) is 0.407. The molecule has 9 nitrogen and oxygen atoms in total. The summed E-state index contributed by atoms with van der Waals surface area (Å²) in [5, 5.41) is 19.8. The Labute approximate surface area is 223 Å². The van der Waals surface area contributed by atoms with Gasteiger partial charge in [0.2, 0.25) is 5.43 Å². The Balaban J connectivity index is 1.86. The second-order valence-corrected chi connectivity index (χ2v) is 9.35. The van der Waals surface area contributed by atoms with E-state index in [-0.39, 0.29) is 30.0 Å². The molecule has 0 spiro atoms. The van der Waals surface area contributed by atoms with Crippen LogP contribution in [0, 0.1) is 5.82 Å². The third kappa shape index (κ3) is 5.63.